The average molecular weight is 367 g/mol. The molecule has 0 spiro atoms. The van der Waals surface area contributed by atoms with Crippen molar-refractivity contribution in [2.75, 3.05) is 6.54 Å². The third kappa shape index (κ3) is 5.63. The van der Waals surface area contributed by atoms with E-state index in [1.807, 2.05) is 6.92 Å². The van der Waals surface area contributed by atoms with Crippen LogP contribution in [0.5, 0.6) is 0 Å². The third-order valence-electron chi connectivity index (χ3n) is 2.27. The van der Waals surface area contributed by atoms with E-state index in [2.05, 4.69) is 10.3 Å². The number of hydrogen-bond acceptors (Lipinski definition) is 2. The lowest BCUT2D eigenvalue weighted by Gasteiger charge is -2.05. The second-order valence-corrected chi connectivity index (χ2v) is 3.71. The Morgan fingerprint density at radius 2 is 2.22 bits per heavy atom. The normalized spacial score (nSPS) is 10.9. The van der Waals surface area contributed by atoms with E-state index < -0.39 is 5.82 Å². The molecule has 1 rings (SSSR count). The van der Waals surface area contributed by atoms with Crippen molar-refractivity contribution in [1.29, 1.82) is 0 Å². The number of aliphatic imine (C=N–C) groups is 1. The Labute approximate surface area is 124 Å². The van der Waals surface area contributed by atoms with E-state index in [-0.39, 0.29) is 36.1 Å². The van der Waals surface area contributed by atoms with Gasteiger partial charge in [-0.25, -0.2) is 9.38 Å². The molecule has 0 aromatic heterocycles. The summed E-state index contributed by atoms with van der Waals surface area (Å²) in [6, 6.07) is 4.54. The number of nitrogens with zero attached hydrogens (tertiary/aromatic N) is 1. The summed E-state index contributed by atoms with van der Waals surface area (Å²) in [4.78, 5) is 4.12. The predicted octanol–water partition coefficient (Wildman–Crippen LogP) is 1.75. The largest absolute Gasteiger partial charge is 0.392 e. The molecule has 18 heavy (non-hydrogen) atoms. The molecular weight excluding hydrogens is 348 g/mol. The molecule has 0 saturated heterocycles. The van der Waals surface area contributed by atoms with Gasteiger partial charge in [0.1, 0.15) is 5.82 Å². The van der Waals surface area contributed by atoms with E-state index in [4.69, 9.17) is 10.8 Å². The molecule has 6 heteroatoms. The zero-order chi connectivity index (χ0) is 12.7. The van der Waals surface area contributed by atoms with Crippen LogP contribution in [0, 0.1) is 5.82 Å². The summed E-state index contributed by atoms with van der Waals surface area (Å²) in [5.74, 6) is -0.0287. The fourth-order valence-electron chi connectivity index (χ4n) is 1.33. The van der Waals surface area contributed by atoms with Crippen LogP contribution in [0.2, 0.25) is 0 Å². The lowest BCUT2D eigenvalue weighted by Crippen LogP contribution is -2.32. The molecule has 102 valence electrons. The maximum absolute atomic E-state index is 13.1. The maximum atomic E-state index is 13.1. The SMILES string of the molecule is CCCNC(N)=NCc1ccc(F)c(CO)c1.I. The number of hydrogen-bond donors (Lipinski definition) is 3. The van der Waals surface area contributed by atoms with Crippen molar-refractivity contribution >= 4 is 29.9 Å². The van der Waals surface area contributed by atoms with Crippen LogP contribution in [0.25, 0.3) is 0 Å². The van der Waals surface area contributed by atoms with Gasteiger partial charge in [-0.2, -0.15) is 0 Å². The minimum atomic E-state index is -0.405. The number of nitrogens with two attached hydrogens (primary N) is 1. The number of aliphatic hydroxyl groups excluding tert-OH is 1. The molecule has 4 nitrogen and oxygen atoms in total. The highest BCUT2D eigenvalue weighted by Crippen LogP contribution is 2.11. The molecule has 0 atom stereocenters. The van der Waals surface area contributed by atoms with Crippen LogP contribution in [0.15, 0.2) is 23.2 Å². The Bertz CT molecular complexity index is 399. The van der Waals surface area contributed by atoms with Crippen molar-refractivity contribution in [3.8, 4) is 0 Å². The van der Waals surface area contributed by atoms with Crippen LogP contribution < -0.4 is 11.1 Å². The topological polar surface area (TPSA) is 70.6 Å². The van der Waals surface area contributed by atoms with E-state index in [1.165, 1.54) is 6.07 Å². The number of nitrogens with one attached hydrogen (secondary N) is 1. The standard InChI is InChI=1S/C12H18FN3O.HI/c1-2-5-15-12(14)16-7-9-3-4-11(13)10(6-9)8-17;/h3-4,6,17H,2,5,7-8H2,1H3,(H3,14,15,16);1H. The van der Waals surface area contributed by atoms with Gasteiger partial charge >= 0.3 is 0 Å². The van der Waals surface area contributed by atoms with E-state index in [1.54, 1.807) is 12.1 Å². The summed E-state index contributed by atoms with van der Waals surface area (Å²) in [5.41, 5.74) is 6.72. The van der Waals surface area contributed by atoms with Crippen molar-refractivity contribution in [1.82, 2.24) is 5.32 Å². The molecule has 0 unspecified atom stereocenters. The second kappa shape index (κ2) is 9.09. The van der Waals surface area contributed by atoms with Gasteiger partial charge in [-0.15, -0.1) is 24.0 Å². The summed E-state index contributed by atoms with van der Waals surface area (Å²) < 4.78 is 13.1. The van der Waals surface area contributed by atoms with Gasteiger partial charge in [-0.05, 0) is 24.1 Å². The third-order valence-corrected chi connectivity index (χ3v) is 2.27. The predicted molar refractivity (Wildman–Crippen MR) is 81.4 cm³/mol. The first-order valence-corrected chi connectivity index (χ1v) is 5.59. The Hall–Kier alpha value is -0.890. The minimum Gasteiger partial charge on any atom is -0.392 e. The van der Waals surface area contributed by atoms with E-state index in [9.17, 15) is 4.39 Å². The quantitative estimate of drug-likeness (QED) is 0.422. The van der Waals surface area contributed by atoms with Crippen molar-refractivity contribution < 1.29 is 9.50 Å². The van der Waals surface area contributed by atoms with E-state index in [0.717, 1.165) is 18.5 Å². The molecule has 0 aliphatic heterocycles. The van der Waals surface area contributed by atoms with E-state index in [0.29, 0.717) is 12.5 Å². The zero-order valence-electron chi connectivity index (χ0n) is 10.3. The summed E-state index contributed by atoms with van der Waals surface area (Å²) in [6.45, 7) is 2.87. The molecule has 1 aromatic carbocycles. The molecule has 0 amide bonds. The monoisotopic (exact) mass is 367 g/mol. The molecule has 0 aliphatic rings. The molecule has 0 aliphatic carbocycles. The maximum Gasteiger partial charge on any atom is 0.188 e. The first-order chi connectivity index (χ1) is 8.17. The molecule has 0 radical (unpaired) electrons. The van der Waals surface area contributed by atoms with Gasteiger partial charge < -0.3 is 16.2 Å². The summed E-state index contributed by atoms with van der Waals surface area (Å²) in [7, 11) is 0. The Kier molecular flexibility index (Phi) is 8.65. The molecule has 0 heterocycles. The fourth-order valence-corrected chi connectivity index (χ4v) is 1.33. The van der Waals surface area contributed by atoms with Gasteiger partial charge in [0, 0.05) is 12.1 Å². The summed E-state index contributed by atoms with van der Waals surface area (Å²) >= 11 is 0. The summed E-state index contributed by atoms with van der Waals surface area (Å²) in [6.07, 6.45) is 0.974. The fraction of sp³-hybridized carbons (Fsp3) is 0.417. The average Bonchev–Trinajstić information content (AvgIpc) is 2.35. The first-order valence-electron chi connectivity index (χ1n) is 5.59. The lowest BCUT2D eigenvalue weighted by molar-refractivity contribution is 0.275. The summed E-state index contributed by atoms with van der Waals surface area (Å²) in [5, 5.41) is 11.9. The van der Waals surface area contributed by atoms with Gasteiger partial charge in [-0.1, -0.05) is 13.0 Å². The van der Waals surface area contributed by atoms with Gasteiger partial charge in [0.15, 0.2) is 5.96 Å². The highest BCUT2D eigenvalue weighted by molar-refractivity contribution is 14.0. The van der Waals surface area contributed by atoms with Crippen LogP contribution in [-0.2, 0) is 13.2 Å². The van der Waals surface area contributed by atoms with Crippen molar-refractivity contribution in [3.05, 3.63) is 35.1 Å². The number of rotatable bonds is 5. The van der Waals surface area contributed by atoms with Crippen molar-refractivity contribution in [2.45, 2.75) is 26.5 Å². The van der Waals surface area contributed by atoms with Crippen LogP contribution in [-0.4, -0.2) is 17.6 Å². The van der Waals surface area contributed by atoms with Gasteiger partial charge in [0.25, 0.3) is 0 Å². The molecule has 4 N–H and O–H groups in total. The number of aliphatic hydroxyl groups is 1. The van der Waals surface area contributed by atoms with Crippen LogP contribution in [0.3, 0.4) is 0 Å². The smallest absolute Gasteiger partial charge is 0.188 e. The Morgan fingerprint density at radius 3 is 2.83 bits per heavy atom. The van der Waals surface area contributed by atoms with Crippen LogP contribution >= 0.6 is 24.0 Å². The second-order valence-electron chi connectivity index (χ2n) is 3.71. The lowest BCUT2D eigenvalue weighted by atomic mass is 10.1. The molecule has 0 bridgehead atoms. The molecule has 0 fully saturated rings. The van der Waals surface area contributed by atoms with Gasteiger partial charge in [0.05, 0.1) is 13.2 Å². The highest BCUT2D eigenvalue weighted by atomic mass is 127. The molecular formula is C12H19FIN3O. The van der Waals surface area contributed by atoms with Crippen molar-refractivity contribution in [2.24, 2.45) is 10.7 Å². The number of halogens is 2. The Morgan fingerprint density at radius 1 is 1.50 bits per heavy atom. The van der Waals surface area contributed by atoms with Gasteiger partial charge in [-0.3, -0.25) is 0 Å². The number of guanidine groups is 1. The van der Waals surface area contributed by atoms with Crippen LogP contribution in [0.1, 0.15) is 24.5 Å². The molecule has 1 aromatic rings. The van der Waals surface area contributed by atoms with E-state index >= 15 is 0 Å². The van der Waals surface area contributed by atoms with Gasteiger partial charge in [0.2, 0.25) is 0 Å². The zero-order valence-corrected chi connectivity index (χ0v) is 12.6. The number of benzene rings is 1. The molecule has 0 saturated carbocycles. The minimum absolute atomic E-state index is 0. The Balaban J connectivity index is 0.00000289. The van der Waals surface area contributed by atoms with Crippen molar-refractivity contribution in [3.63, 3.8) is 0 Å². The first kappa shape index (κ1) is 17.1. The highest BCUT2D eigenvalue weighted by Gasteiger charge is 2.02. The van der Waals surface area contributed by atoms with Crippen LogP contribution in [0.4, 0.5) is 4.39 Å².